The molecule has 2 heterocycles. The minimum Gasteiger partial charge on any atom is -0.369 e. The molecule has 1 unspecified atom stereocenters. The summed E-state index contributed by atoms with van der Waals surface area (Å²) in [6, 6.07) is 13.3. The molecule has 180 valence electrons. The minimum atomic E-state index is -1.19. The molecule has 0 aromatic heterocycles. The highest BCUT2D eigenvalue weighted by Crippen LogP contribution is 2.28. The molecular formula is C25H30FN5O3. The lowest BCUT2D eigenvalue weighted by molar-refractivity contribution is -0.134. The highest BCUT2D eigenvalue weighted by Gasteiger charge is 2.49. The van der Waals surface area contributed by atoms with Crippen LogP contribution >= 0.6 is 0 Å². The van der Waals surface area contributed by atoms with E-state index in [1.807, 2.05) is 31.2 Å². The van der Waals surface area contributed by atoms with Gasteiger partial charge in [0.05, 0.1) is 0 Å². The van der Waals surface area contributed by atoms with Crippen molar-refractivity contribution in [2.45, 2.75) is 19.4 Å². The van der Waals surface area contributed by atoms with E-state index in [2.05, 4.69) is 20.4 Å². The number of nitrogens with zero attached hydrogens (tertiary/aromatic N) is 3. The second kappa shape index (κ2) is 9.80. The molecule has 2 aliphatic rings. The molecule has 8 nitrogen and oxygen atoms in total. The number of nitrogens with one attached hydrogen (secondary N) is 2. The zero-order chi connectivity index (χ0) is 24.3. The first-order chi connectivity index (χ1) is 16.3. The number of carbonyl (C=O) groups is 3. The third-order valence-electron chi connectivity index (χ3n) is 6.52. The molecule has 0 saturated carbocycles. The molecule has 4 rings (SSSR count). The van der Waals surface area contributed by atoms with E-state index in [4.69, 9.17) is 0 Å². The average molecular weight is 468 g/mol. The fourth-order valence-electron chi connectivity index (χ4n) is 4.36. The third kappa shape index (κ3) is 5.04. The molecular weight excluding hydrogens is 437 g/mol. The van der Waals surface area contributed by atoms with Gasteiger partial charge >= 0.3 is 6.03 Å². The number of hydrogen-bond acceptors (Lipinski definition) is 5. The number of anilines is 1. The minimum absolute atomic E-state index is 0.244. The van der Waals surface area contributed by atoms with Crippen molar-refractivity contribution in [3.05, 3.63) is 65.5 Å². The van der Waals surface area contributed by atoms with Crippen LogP contribution in [0.5, 0.6) is 0 Å². The van der Waals surface area contributed by atoms with Gasteiger partial charge in [-0.3, -0.25) is 19.4 Å². The lowest BCUT2D eigenvalue weighted by atomic mass is 9.91. The number of imide groups is 1. The Balaban J connectivity index is 1.22. The quantitative estimate of drug-likeness (QED) is 0.607. The summed E-state index contributed by atoms with van der Waals surface area (Å²) < 4.78 is 13.1. The van der Waals surface area contributed by atoms with Crippen molar-refractivity contribution in [1.29, 1.82) is 0 Å². The largest absolute Gasteiger partial charge is 0.369 e. The Kier molecular flexibility index (Phi) is 6.83. The number of rotatable bonds is 7. The molecule has 2 aliphatic heterocycles. The van der Waals surface area contributed by atoms with Crippen LogP contribution in [-0.2, 0) is 15.1 Å². The topological polar surface area (TPSA) is 85.0 Å². The highest BCUT2D eigenvalue weighted by molar-refractivity contribution is 6.09. The Hall–Kier alpha value is -3.46. The van der Waals surface area contributed by atoms with E-state index in [0.717, 1.165) is 42.3 Å². The Morgan fingerprint density at radius 1 is 1.03 bits per heavy atom. The molecule has 0 aliphatic carbocycles. The molecule has 9 heteroatoms. The van der Waals surface area contributed by atoms with E-state index in [1.165, 1.54) is 12.1 Å². The summed E-state index contributed by atoms with van der Waals surface area (Å²) in [6.07, 6.45) is 0. The summed E-state index contributed by atoms with van der Waals surface area (Å²) in [4.78, 5) is 43.3. The van der Waals surface area contributed by atoms with Crippen molar-refractivity contribution >= 4 is 23.5 Å². The van der Waals surface area contributed by atoms with Crippen molar-refractivity contribution in [3.63, 3.8) is 0 Å². The van der Waals surface area contributed by atoms with Gasteiger partial charge in [0.1, 0.15) is 17.9 Å². The van der Waals surface area contributed by atoms with Crippen LogP contribution in [0.25, 0.3) is 0 Å². The molecule has 2 aromatic rings. The van der Waals surface area contributed by atoms with Gasteiger partial charge in [0.25, 0.3) is 5.91 Å². The second-order valence-electron chi connectivity index (χ2n) is 8.97. The number of aryl methyl sites for hydroxylation is 1. The van der Waals surface area contributed by atoms with E-state index in [-0.39, 0.29) is 18.3 Å². The predicted octanol–water partition coefficient (Wildman–Crippen LogP) is 1.84. The summed E-state index contributed by atoms with van der Waals surface area (Å²) in [5, 5.41) is 5.54. The van der Waals surface area contributed by atoms with Crippen molar-refractivity contribution in [2.75, 3.05) is 50.7 Å². The van der Waals surface area contributed by atoms with Crippen LogP contribution < -0.4 is 15.5 Å². The molecule has 1 atom stereocenters. The van der Waals surface area contributed by atoms with Gasteiger partial charge in [-0.15, -0.1) is 0 Å². The van der Waals surface area contributed by atoms with Crippen molar-refractivity contribution < 1.29 is 18.8 Å². The molecule has 2 aromatic carbocycles. The molecule has 4 amide bonds. The number of benzene rings is 2. The molecule has 34 heavy (non-hydrogen) atoms. The third-order valence-corrected chi connectivity index (χ3v) is 6.52. The lowest BCUT2D eigenvalue weighted by Crippen LogP contribution is -2.49. The molecule has 0 bridgehead atoms. The molecule has 0 spiro atoms. The van der Waals surface area contributed by atoms with Crippen LogP contribution in [0, 0.1) is 12.7 Å². The first-order valence-electron chi connectivity index (χ1n) is 11.5. The van der Waals surface area contributed by atoms with Crippen LogP contribution in [0.4, 0.5) is 14.9 Å². The van der Waals surface area contributed by atoms with Gasteiger partial charge in [-0.05, 0) is 43.7 Å². The maximum Gasteiger partial charge on any atom is 0.325 e. The van der Waals surface area contributed by atoms with Crippen LogP contribution in [-0.4, -0.2) is 73.5 Å². The van der Waals surface area contributed by atoms with E-state index in [1.54, 1.807) is 19.1 Å². The summed E-state index contributed by atoms with van der Waals surface area (Å²) in [5.41, 5.74) is 1.55. The van der Waals surface area contributed by atoms with Gasteiger partial charge in [0.15, 0.2) is 0 Å². The maximum absolute atomic E-state index is 13.1. The fourth-order valence-corrected chi connectivity index (χ4v) is 4.36. The SMILES string of the molecule is Cc1ccc(C2(C)NC(=O)N(CC(=O)NCCN3CCN(c4ccc(F)cc4)CC3)C2=O)cc1. The zero-order valence-electron chi connectivity index (χ0n) is 19.5. The Labute approximate surface area is 198 Å². The van der Waals surface area contributed by atoms with Gasteiger partial charge in [0, 0.05) is 45.0 Å². The molecule has 0 radical (unpaired) electrons. The van der Waals surface area contributed by atoms with Gasteiger partial charge in [-0.25, -0.2) is 9.18 Å². The Bertz CT molecular complexity index is 1050. The van der Waals surface area contributed by atoms with Gasteiger partial charge < -0.3 is 15.5 Å². The van der Waals surface area contributed by atoms with Gasteiger partial charge in [0.2, 0.25) is 5.91 Å². The molecule has 2 fully saturated rings. The number of hydrogen-bond donors (Lipinski definition) is 2. The molecule has 2 saturated heterocycles. The monoisotopic (exact) mass is 467 g/mol. The van der Waals surface area contributed by atoms with E-state index in [0.29, 0.717) is 18.7 Å². The smallest absolute Gasteiger partial charge is 0.325 e. The zero-order valence-corrected chi connectivity index (χ0v) is 19.5. The summed E-state index contributed by atoms with van der Waals surface area (Å²) in [5.74, 6) is -1.05. The first-order valence-corrected chi connectivity index (χ1v) is 11.5. The van der Waals surface area contributed by atoms with Crippen LogP contribution in [0.2, 0.25) is 0 Å². The predicted molar refractivity (Wildman–Crippen MR) is 127 cm³/mol. The van der Waals surface area contributed by atoms with Crippen LogP contribution in [0.1, 0.15) is 18.1 Å². The van der Waals surface area contributed by atoms with Crippen molar-refractivity contribution in [2.24, 2.45) is 0 Å². The van der Waals surface area contributed by atoms with Gasteiger partial charge in [-0.1, -0.05) is 29.8 Å². The normalized spacial score (nSPS) is 21.0. The van der Waals surface area contributed by atoms with E-state index >= 15 is 0 Å². The summed E-state index contributed by atoms with van der Waals surface area (Å²) in [6.45, 7) is 7.68. The van der Waals surface area contributed by atoms with Crippen molar-refractivity contribution in [1.82, 2.24) is 20.4 Å². The lowest BCUT2D eigenvalue weighted by Gasteiger charge is -2.36. The number of urea groups is 1. The molecule has 2 N–H and O–H groups in total. The van der Waals surface area contributed by atoms with Crippen LogP contribution in [0.15, 0.2) is 48.5 Å². The number of carbonyl (C=O) groups excluding carboxylic acids is 3. The van der Waals surface area contributed by atoms with Crippen LogP contribution in [0.3, 0.4) is 0 Å². The number of halogens is 1. The summed E-state index contributed by atoms with van der Waals surface area (Å²) in [7, 11) is 0. The Morgan fingerprint density at radius 2 is 1.68 bits per heavy atom. The first kappa shape index (κ1) is 23.7. The van der Waals surface area contributed by atoms with E-state index < -0.39 is 17.5 Å². The number of piperazine rings is 1. The average Bonchev–Trinajstić information content (AvgIpc) is 3.04. The standard InChI is InChI=1S/C25H30FN5O3/c1-18-3-5-19(6-4-18)25(2)23(33)31(24(34)28-25)17-22(32)27-11-12-29-13-15-30(16-14-29)21-9-7-20(26)8-10-21/h3-10H,11-17H2,1-2H3,(H,27,32)(H,28,34). The fraction of sp³-hybridized carbons (Fsp3) is 0.400. The second-order valence-corrected chi connectivity index (χ2v) is 8.97. The number of amides is 4. The van der Waals surface area contributed by atoms with E-state index in [9.17, 15) is 18.8 Å². The van der Waals surface area contributed by atoms with Gasteiger partial charge in [-0.2, -0.15) is 0 Å². The van der Waals surface area contributed by atoms with Crippen molar-refractivity contribution in [3.8, 4) is 0 Å². The highest BCUT2D eigenvalue weighted by atomic mass is 19.1. The maximum atomic E-state index is 13.1. The Morgan fingerprint density at radius 3 is 2.32 bits per heavy atom. The summed E-state index contributed by atoms with van der Waals surface area (Å²) >= 11 is 0.